The van der Waals surface area contributed by atoms with Crippen LogP contribution in [0.1, 0.15) is 28.8 Å². The molecule has 0 radical (unpaired) electrons. The number of rotatable bonds is 5. The number of nitrogens with zero attached hydrogens (tertiary/aromatic N) is 3. The predicted molar refractivity (Wildman–Crippen MR) is 104 cm³/mol. The summed E-state index contributed by atoms with van der Waals surface area (Å²) in [6.45, 7) is 1.35. The van der Waals surface area contributed by atoms with Crippen LogP contribution in [0.2, 0.25) is 0 Å². The molecule has 0 saturated carbocycles. The van der Waals surface area contributed by atoms with Crippen molar-refractivity contribution in [2.24, 2.45) is 0 Å². The minimum atomic E-state index is -0.220. The second kappa shape index (κ2) is 7.45. The summed E-state index contributed by atoms with van der Waals surface area (Å²) in [5.41, 5.74) is 3.06. The summed E-state index contributed by atoms with van der Waals surface area (Å²) in [7, 11) is 0. The fourth-order valence-electron chi connectivity index (χ4n) is 3.22. The van der Waals surface area contributed by atoms with Crippen molar-refractivity contribution in [1.29, 1.82) is 0 Å². The van der Waals surface area contributed by atoms with Gasteiger partial charge in [-0.1, -0.05) is 36.4 Å². The molecule has 27 heavy (non-hydrogen) atoms. The largest absolute Gasteiger partial charge is 0.319 e. The van der Waals surface area contributed by atoms with Crippen molar-refractivity contribution in [3.63, 3.8) is 0 Å². The van der Waals surface area contributed by atoms with Crippen LogP contribution in [-0.2, 0) is 11.3 Å². The molecule has 0 atom stereocenters. The summed E-state index contributed by atoms with van der Waals surface area (Å²) in [6.07, 6.45) is 4.86. The van der Waals surface area contributed by atoms with Gasteiger partial charge in [-0.2, -0.15) is 5.10 Å². The minimum Gasteiger partial charge on any atom is -0.319 e. The maximum atomic E-state index is 12.6. The number of aromatic nitrogens is 2. The van der Waals surface area contributed by atoms with Crippen LogP contribution in [0.5, 0.6) is 0 Å². The average Bonchev–Trinajstić information content (AvgIpc) is 3.31. The zero-order chi connectivity index (χ0) is 18.6. The van der Waals surface area contributed by atoms with Gasteiger partial charge in [0.25, 0.3) is 5.91 Å². The maximum Gasteiger partial charge on any atom is 0.255 e. The normalized spacial score (nSPS) is 13.8. The van der Waals surface area contributed by atoms with Gasteiger partial charge in [-0.05, 0) is 30.2 Å². The van der Waals surface area contributed by atoms with Crippen LogP contribution in [0.25, 0.3) is 0 Å². The molecule has 0 bridgehead atoms. The van der Waals surface area contributed by atoms with Crippen molar-refractivity contribution >= 4 is 23.2 Å². The van der Waals surface area contributed by atoms with Crippen molar-refractivity contribution in [3.05, 3.63) is 78.1 Å². The van der Waals surface area contributed by atoms with Crippen LogP contribution in [0.15, 0.2) is 67.0 Å². The van der Waals surface area contributed by atoms with E-state index in [0.717, 1.165) is 17.7 Å². The topological polar surface area (TPSA) is 67.2 Å². The number of carbonyl (C=O) groups excluding carboxylic acids is 2. The molecule has 1 aliphatic heterocycles. The first-order valence-corrected chi connectivity index (χ1v) is 8.97. The Bertz CT molecular complexity index is 965. The third-order valence-electron chi connectivity index (χ3n) is 4.57. The zero-order valence-electron chi connectivity index (χ0n) is 14.8. The maximum absolute atomic E-state index is 12.6. The molecule has 1 aromatic heterocycles. The van der Waals surface area contributed by atoms with Crippen molar-refractivity contribution in [3.8, 4) is 0 Å². The van der Waals surface area contributed by atoms with Crippen molar-refractivity contribution < 1.29 is 9.59 Å². The van der Waals surface area contributed by atoms with E-state index in [9.17, 15) is 9.59 Å². The molecule has 6 nitrogen and oxygen atoms in total. The molecule has 1 N–H and O–H groups in total. The van der Waals surface area contributed by atoms with Gasteiger partial charge in [0.05, 0.1) is 18.4 Å². The van der Waals surface area contributed by atoms with E-state index in [2.05, 4.69) is 10.4 Å². The number of nitrogens with one attached hydrogen (secondary N) is 1. The molecule has 2 amide bonds. The lowest BCUT2D eigenvalue weighted by Gasteiger charge is -2.16. The molecular weight excluding hydrogens is 340 g/mol. The molecular formula is C21H20N4O2. The smallest absolute Gasteiger partial charge is 0.255 e. The Kier molecular flexibility index (Phi) is 4.70. The van der Waals surface area contributed by atoms with Crippen molar-refractivity contribution in [1.82, 2.24) is 9.78 Å². The molecule has 4 rings (SSSR count). The Labute approximate surface area is 157 Å². The van der Waals surface area contributed by atoms with Gasteiger partial charge in [-0.3, -0.25) is 14.3 Å². The van der Waals surface area contributed by atoms with Gasteiger partial charge in [-0.15, -0.1) is 0 Å². The number of anilines is 2. The lowest BCUT2D eigenvalue weighted by molar-refractivity contribution is -0.117. The Hall–Kier alpha value is -3.41. The highest BCUT2D eigenvalue weighted by molar-refractivity contribution is 6.05. The monoisotopic (exact) mass is 360 g/mol. The van der Waals surface area contributed by atoms with Crippen LogP contribution in [0.4, 0.5) is 11.4 Å². The first-order chi connectivity index (χ1) is 13.2. The van der Waals surface area contributed by atoms with Crippen LogP contribution in [0, 0.1) is 0 Å². The van der Waals surface area contributed by atoms with Gasteiger partial charge < -0.3 is 10.2 Å². The molecule has 2 heterocycles. The first kappa shape index (κ1) is 17.0. The van der Waals surface area contributed by atoms with Crippen molar-refractivity contribution in [2.75, 3.05) is 16.8 Å². The average molecular weight is 360 g/mol. The fourth-order valence-corrected chi connectivity index (χ4v) is 3.22. The van der Waals surface area contributed by atoms with Gasteiger partial charge in [0.15, 0.2) is 0 Å². The molecule has 0 unspecified atom stereocenters. The van der Waals surface area contributed by atoms with E-state index in [1.807, 2.05) is 36.4 Å². The Balaban J connectivity index is 1.44. The van der Waals surface area contributed by atoms with Crippen LogP contribution in [-0.4, -0.2) is 28.1 Å². The third-order valence-corrected chi connectivity index (χ3v) is 4.57. The van der Waals surface area contributed by atoms with E-state index in [0.29, 0.717) is 30.8 Å². The van der Waals surface area contributed by atoms with Gasteiger partial charge in [0.1, 0.15) is 0 Å². The van der Waals surface area contributed by atoms with Gasteiger partial charge in [0, 0.05) is 30.4 Å². The lowest BCUT2D eigenvalue weighted by Crippen LogP contribution is -2.24. The summed E-state index contributed by atoms with van der Waals surface area (Å²) in [4.78, 5) is 26.2. The van der Waals surface area contributed by atoms with E-state index < -0.39 is 0 Å². The lowest BCUT2D eigenvalue weighted by atomic mass is 10.1. The SMILES string of the molecule is O=C(Nc1cnn(Cc2ccccc2)c1)c1cccc(N2CCCC2=O)c1. The van der Waals surface area contributed by atoms with Crippen LogP contribution >= 0.6 is 0 Å². The Morgan fingerprint density at radius 1 is 1.11 bits per heavy atom. The molecule has 3 aromatic rings. The van der Waals surface area contributed by atoms with E-state index in [1.54, 1.807) is 40.2 Å². The van der Waals surface area contributed by atoms with E-state index in [4.69, 9.17) is 0 Å². The molecule has 2 aromatic carbocycles. The second-order valence-corrected chi connectivity index (χ2v) is 6.57. The Morgan fingerprint density at radius 2 is 1.96 bits per heavy atom. The molecule has 136 valence electrons. The zero-order valence-corrected chi connectivity index (χ0v) is 14.8. The Morgan fingerprint density at radius 3 is 2.74 bits per heavy atom. The highest BCUT2D eigenvalue weighted by Crippen LogP contribution is 2.22. The molecule has 6 heteroatoms. The number of amides is 2. The molecule has 1 saturated heterocycles. The number of hydrogen-bond acceptors (Lipinski definition) is 3. The second-order valence-electron chi connectivity index (χ2n) is 6.57. The third kappa shape index (κ3) is 3.89. The highest BCUT2D eigenvalue weighted by Gasteiger charge is 2.22. The standard InChI is InChI=1S/C21H20N4O2/c26-20-10-5-11-25(20)19-9-4-8-17(12-19)21(27)23-18-13-22-24(15-18)14-16-6-2-1-3-7-16/h1-4,6-9,12-13,15H,5,10-11,14H2,(H,23,27). The van der Waals surface area contributed by atoms with Gasteiger partial charge in [-0.25, -0.2) is 0 Å². The quantitative estimate of drug-likeness (QED) is 0.759. The summed E-state index contributed by atoms with van der Waals surface area (Å²) < 4.78 is 1.78. The van der Waals surface area contributed by atoms with E-state index >= 15 is 0 Å². The summed E-state index contributed by atoms with van der Waals surface area (Å²) in [6, 6.07) is 17.2. The number of hydrogen-bond donors (Lipinski definition) is 1. The van der Waals surface area contributed by atoms with Crippen LogP contribution < -0.4 is 10.2 Å². The van der Waals surface area contributed by atoms with E-state index in [1.165, 1.54) is 0 Å². The van der Waals surface area contributed by atoms with Crippen molar-refractivity contribution in [2.45, 2.75) is 19.4 Å². The molecule has 1 fully saturated rings. The molecule has 1 aliphatic rings. The molecule has 0 spiro atoms. The van der Waals surface area contributed by atoms with Gasteiger partial charge >= 0.3 is 0 Å². The van der Waals surface area contributed by atoms with Gasteiger partial charge in [0.2, 0.25) is 5.91 Å². The summed E-state index contributed by atoms with van der Waals surface area (Å²) in [5.74, 6) is -0.113. The number of carbonyl (C=O) groups is 2. The van der Waals surface area contributed by atoms with E-state index in [-0.39, 0.29) is 11.8 Å². The first-order valence-electron chi connectivity index (χ1n) is 8.97. The number of benzene rings is 2. The summed E-state index contributed by atoms with van der Waals surface area (Å²) >= 11 is 0. The summed E-state index contributed by atoms with van der Waals surface area (Å²) in [5, 5.41) is 7.17. The minimum absolute atomic E-state index is 0.106. The van der Waals surface area contributed by atoms with Crippen LogP contribution in [0.3, 0.4) is 0 Å². The molecule has 0 aliphatic carbocycles. The predicted octanol–water partition coefficient (Wildman–Crippen LogP) is 3.31. The highest BCUT2D eigenvalue weighted by atomic mass is 16.2. The fraction of sp³-hybridized carbons (Fsp3) is 0.190.